The van der Waals surface area contributed by atoms with Crippen LogP contribution >= 0.6 is 11.6 Å². The Kier molecular flexibility index (Phi) is 5.40. The molecule has 146 valence electrons. The van der Waals surface area contributed by atoms with Gasteiger partial charge in [-0.3, -0.25) is 9.59 Å². The number of amides is 2. The van der Waals surface area contributed by atoms with Crippen LogP contribution in [0.4, 0.5) is 11.4 Å². The average Bonchev–Trinajstić information content (AvgIpc) is 3.55. The summed E-state index contributed by atoms with van der Waals surface area (Å²) < 4.78 is 0. The predicted molar refractivity (Wildman–Crippen MR) is 113 cm³/mol. The van der Waals surface area contributed by atoms with Crippen LogP contribution in [0.25, 0.3) is 0 Å². The van der Waals surface area contributed by atoms with Crippen LogP contribution in [0.3, 0.4) is 0 Å². The Hall–Kier alpha value is -2.33. The smallest absolute Gasteiger partial charge is 0.235 e. The minimum Gasteiger partial charge on any atom is -0.326 e. The number of anilines is 2. The third-order valence-electron chi connectivity index (χ3n) is 5.88. The molecule has 0 radical (unpaired) electrons. The highest BCUT2D eigenvalue weighted by Crippen LogP contribution is 2.41. The molecule has 0 saturated heterocycles. The molecule has 5 heteroatoms. The molecule has 0 spiro atoms. The van der Waals surface area contributed by atoms with E-state index in [0.29, 0.717) is 5.02 Å². The average molecular weight is 397 g/mol. The van der Waals surface area contributed by atoms with Gasteiger partial charge in [-0.05, 0) is 67.6 Å². The fourth-order valence-corrected chi connectivity index (χ4v) is 4.26. The highest BCUT2D eigenvalue weighted by atomic mass is 35.5. The van der Waals surface area contributed by atoms with Gasteiger partial charge in [0, 0.05) is 22.3 Å². The van der Waals surface area contributed by atoms with Gasteiger partial charge in [0.2, 0.25) is 11.8 Å². The standard InChI is InChI=1S/C23H25ClN2O2/c24-18-6-4-5-17(15-18)23(13-2-1-3-14-23)22(28)26-20-11-9-19(10-12-20)25-21(27)16-7-8-16/h4-6,9-12,15-16H,1-3,7-8,13-14H2,(H,25,27)(H,26,28). The molecule has 0 atom stereocenters. The fourth-order valence-electron chi connectivity index (χ4n) is 4.07. The third kappa shape index (κ3) is 4.07. The van der Waals surface area contributed by atoms with Crippen LogP contribution in [0.1, 0.15) is 50.5 Å². The zero-order chi connectivity index (χ0) is 19.6. The molecular formula is C23H25ClN2O2. The molecule has 28 heavy (non-hydrogen) atoms. The van der Waals surface area contributed by atoms with E-state index in [-0.39, 0.29) is 17.7 Å². The monoisotopic (exact) mass is 396 g/mol. The lowest BCUT2D eigenvalue weighted by Crippen LogP contribution is -2.42. The van der Waals surface area contributed by atoms with Crippen molar-refractivity contribution in [3.05, 3.63) is 59.1 Å². The molecule has 2 saturated carbocycles. The highest BCUT2D eigenvalue weighted by molar-refractivity contribution is 6.30. The molecule has 0 aliphatic heterocycles. The predicted octanol–water partition coefficient (Wildman–Crippen LogP) is 5.53. The normalized spacial score (nSPS) is 18.3. The summed E-state index contributed by atoms with van der Waals surface area (Å²) in [7, 11) is 0. The van der Waals surface area contributed by atoms with Crippen LogP contribution < -0.4 is 10.6 Å². The lowest BCUT2D eigenvalue weighted by molar-refractivity contribution is -0.122. The number of hydrogen-bond acceptors (Lipinski definition) is 2. The number of carbonyl (C=O) groups is 2. The molecule has 2 fully saturated rings. The van der Waals surface area contributed by atoms with Gasteiger partial charge in [-0.15, -0.1) is 0 Å². The van der Waals surface area contributed by atoms with Crippen molar-refractivity contribution in [1.82, 2.24) is 0 Å². The summed E-state index contributed by atoms with van der Waals surface area (Å²) in [5.74, 6) is 0.270. The van der Waals surface area contributed by atoms with Crippen molar-refractivity contribution in [2.24, 2.45) is 5.92 Å². The highest BCUT2D eigenvalue weighted by Gasteiger charge is 2.41. The van der Waals surface area contributed by atoms with Crippen LogP contribution in [0.2, 0.25) is 5.02 Å². The van der Waals surface area contributed by atoms with Gasteiger partial charge in [-0.2, -0.15) is 0 Å². The molecule has 2 N–H and O–H groups in total. The molecule has 2 aromatic carbocycles. The largest absolute Gasteiger partial charge is 0.326 e. The first kappa shape index (κ1) is 19.0. The summed E-state index contributed by atoms with van der Waals surface area (Å²) in [6.45, 7) is 0. The van der Waals surface area contributed by atoms with E-state index in [1.54, 1.807) is 0 Å². The van der Waals surface area contributed by atoms with E-state index in [2.05, 4.69) is 10.6 Å². The molecule has 0 unspecified atom stereocenters. The molecule has 4 nitrogen and oxygen atoms in total. The molecule has 2 aliphatic carbocycles. The van der Waals surface area contributed by atoms with Gasteiger partial charge in [0.1, 0.15) is 0 Å². The van der Waals surface area contributed by atoms with Crippen molar-refractivity contribution < 1.29 is 9.59 Å². The number of rotatable bonds is 5. The molecule has 0 bridgehead atoms. The minimum atomic E-state index is -0.540. The number of nitrogens with one attached hydrogen (secondary N) is 2. The van der Waals surface area contributed by atoms with Crippen molar-refractivity contribution in [3.8, 4) is 0 Å². The Morgan fingerprint density at radius 1 is 0.893 bits per heavy atom. The lowest BCUT2D eigenvalue weighted by atomic mass is 9.68. The molecule has 4 rings (SSSR count). The Morgan fingerprint density at radius 3 is 2.14 bits per heavy atom. The number of carbonyl (C=O) groups excluding carboxylic acids is 2. The van der Waals surface area contributed by atoms with E-state index in [9.17, 15) is 9.59 Å². The zero-order valence-electron chi connectivity index (χ0n) is 15.8. The van der Waals surface area contributed by atoms with E-state index in [1.807, 2.05) is 48.5 Å². The summed E-state index contributed by atoms with van der Waals surface area (Å²) in [6, 6.07) is 15.0. The van der Waals surface area contributed by atoms with Crippen molar-refractivity contribution >= 4 is 34.8 Å². The second kappa shape index (κ2) is 7.96. The molecule has 0 aromatic heterocycles. The van der Waals surface area contributed by atoms with E-state index in [4.69, 9.17) is 11.6 Å². The van der Waals surface area contributed by atoms with Crippen molar-refractivity contribution in [3.63, 3.8) is 0 Å². The number of hydrogen-bond donors (Lipinski definition) is 2. The van der Waals surface area contributed by atoms with Crippen LogP contribution in [0.15, 0.2) is 48.5 Å². The minimum absolute atomic E-state index is 0.0178. The summed E-state index contributed by atoms with van der Waals surface area (Å²) in [6.07, 6.45) is 6.84. The van der Waals surface area contributed by atoms with Crippen molar-refractivity contribution in [2.75, 3.05) is 10.6 Å². The third-order valence-corrected chi connectivity index (χ3v) is 6.11. The van der Waals surface area contributed by atoms with Crippen LogP contribution in [0.5, 0.6) is 0 Å². The first-order chi connectivity index (χ1) is 13.6. The quantitative estimate of drug-likeness (QED) is 0.698. The van der Waals surface area contributed by atoms with Crippen molar-refractivity contribution in [1.29, 1.82) is 0 Å². The summed E-state index contributed by atoms with van der Waals surface area (Å²) in [5.41, 5.74) is 1.95. The molecular weight excluding hydrogens is 372 g/mol. The van der Waals surface area contributed by atoms with E-state index in [0.717, 1.165) is 61.9 Å². The second-order valence-electron chi connectivity index (χ2n) is 7.95. The Morgan fingerprint density at radius 2 is 1.54 bits per heavy atom. The van der Waals surface area contributed by atoms with Crippen LogP contribution in [-0.4, -0.2) is 11.8 Å². The Balaban J connectivity index is 1.50. The van der Waals surface area contributed by atoms with Gasteiger partial charge in [0.25, 0.3) is 0 Å². The second-order valence-corrected chi connectivity index (χ2v) is 8.38. The number of halogens is 1. The van der Waals surface area contributed by atoms with Gasteiger partial charge >= 0.3 is 0 Å². The van der Waals surface area contributed by atoms with Gasteiger partial charge < -0.3 is 10.6 Å². The maximum Gasteiger partial charge on any atom is 0.235 e. The maximum atomic E-state index is 13.3. The van der Waals surface area contributed by atoms with Crippen molar-refractivity contribution in [2.45, 2.75) is 50.4 Å². The molecule has 0 heterocycles. The van der Waals surface area contributed by atoms with Gasteiger partial charge in [0.05, 0.1) is 5.41 Å². The summed E-state index contributed by atoms with van der Waals surface area (Å²) in [4.78, 5) is 25.2. The van der Waals surface area contributed by atoms with E-state index < -0.39 is 5.41 Å². The number of benzene rings is 2. The van der Waals surface area contributed by atoms with Gasteiger partial charge in [0.15, 0.2) is 0 Å². The maximum absolute atomic E-state index is 13.3. The zero-order valence-corrected chi connectivity index (χ0v) is 16.6. The van der Waals surface area contributed by atoms with Gasteiger partial charge in [-0.1, -0.05) is 43.0 Å². The summed E-state index contributed by atoms with van der Waals surface area (Å²) >= 11 is 6.21. The van der Waals surface area contributed by atoms with E-state index in [1.165, 1.54) is 0 Å². The molecule has 2 aliphatic rings. The van der Waals surface area contributed by atoms with Crippen LogP contribution in [-0.2, 0) is 15.0 Å². The Bertz CT molecular complexity index is 868. The lowest BCUT2D eigenvalue weighted by Gasteiger charge is -2.36. The first-order valence-electron chi connectivity index (χ1n) is 10.1. The molecule has 2 amide bonds. The Labute approximate surface area is 170 Å². The molecule has 2 aromatic rings. The van der Waals surface area contributed by atoms with E-state index >= 15 is 0 Å². The first-order valence-corrected chi connectivity index (χ1v) is 10.4. The van der Waals surface area contributed by atoms with Crippen LogP contribution in [0, 0.1) is 5.92 Å². The fraction of sp³-hybridized carbons (Fsp3) is 0.391. The SMILES string of the molecule is O=C(Nc1ccc(NC(=O)C2(c3cccc(Cl)c3)CCCCC2)cc1)C1CC1. The topological polar surface area (TPSA) is 58.2 Å². The summed E-state index contributed by atoms with van der Waals surface area (Å²) in [5, 5.41) is 6.67. The van der Waals surface area contributed by atoms with Gasteiger partial charge in [-0.25, -0.2) is 0 Å².